The largest absolute Gasteiger partial charge is 0.327 e. The molecule has 2 heteroatoms. The molecule has 0 saturated carbocycles. The van der Waals surface area contributed by atoms with Gasteiger partial charge in [-0.1, -0.05) is 0 Å². The fourth-order valence-electron chi connectivity index (χ4n) is 2.17. The Kier molecular flexibility index (Phi) is 1.66. The van der Waals surface area contributed by atoms with Crippen LogP contribution in [0.2, 0.25) is 0 Å². The minimum Gasteiger partial charge on any atom is -0.327 e. The topological polar surface area (TPSA) is 29.3 Å². The van der Waals surface area contributed by atoms with Gasteiger partial charge >= 0.3 is 0 Å². The molecule has 3 saturated heterocycles. The van der Waals surface area contributed by atoms with Crippen molar-refractivity contribution in [1.29, 1.82) is 0 Å². The standard InChI is InChI=1S/C8H16N2/c9-8-3-6-10-4-1-7(8)2-5-10/h7-8H,1-6,9H2. The Morgan fingerprint density at radius 1 is 1.00 bits per heavy atom. The zero-order chi connectivity index (χ0) is 6.97. The summed E-state index contributed by atoms with van der Waals surface area (Å²) >= 11 is 0. The lowest BCUT2D eigenvalue weighted by molar-refractivity contribution is 0.220. The van der Waals surface area contributed by atoms with Gasteiger partial charge in [0.05, 0.1) is 0 Å². The third-order valence-electron chi connectivity index (χ3n) is 3.02. The number of nitrogens with zero attached hydrogens (tertiary/aromatic N) is 1. The maximum absolute atomic E-state index is 5.99. The van der Waals surface area contributed by atoms with E-state index < -0.39 is 0 Å². The normalized spacial score (nSPS) is 47.1. The highest BCUT2D eigenvalue weighted by molar-refractivity contribution is 4.84. The molecule has 0 aromatic rings. The van der Waals surface area contributed by atoms with Gasteiger partial charge in [-0.2, -0.15) is 0 Å². The van der Waals surface area contributed by atoms with Gasteiger partial charge in [0.25, 0.3) is 0 Å². The fourth-order valence-corrected chi connectivity index (χ4v) is 2.17. The van der Waals surface area contributed by atoms with E-state index in [1.165, 1.54) is 38.9 Å². The van der Waals surface area contributed by atoms with Gasteiger partial charge in [-0.15, -0.1) is 0 Å². The average Bonchev–Trinajstić information content (AvgIpc) is 2.24. The Labute approximate surface area is 62.4 Å². The van der Waals surface area contributed by atoms with Crippen molar-refractivity contribution in [2.75, 3.05) is 19.6 Å². The molecule has 3 fully saturated rings. The Balaban J connectivity index is 2.07. The fraction of sp³-hybridized carbons (Fsp3) is 1.00. The highest BCUT2D eigenvalue weighted by Crippen LogP contribution is 2.25. The highest BCUT2D eigenvalue weighted by atomic mass is 15.1. The van der Waals surface area contributed by atoms with Crippen LogP contribution in [-0.2, 0) is 0 Å². The van der Waals surface area contributed by atoms with Crippen LogP contribution in [0.15, 0.2) is 0 Å². The van der Waals surface area contributed by atoms with E-state index >= 15 is 0 Å². The lowest BCUT2D eigenvalue weighted by Gasteiger charge is -2.27. The highest BCUT2D eigenvalue weighted by Gasteiger charge is 2.28. The maximum Gasteiger partial charge on any atom is 0.00802 e. The van der Waals surface area contributed by atoms with E-state index in [0.717, 1.165) is 5.92 Å². The number of fused-ring (bicyclic) bond motifs is 4. The van der Waals surface area contributed by atoms with Crippen molar-refractivity contribution in [3.63, 3.8) is 0 Å². The van der Waals surface area contributed by atoms with Crippen LogP contribution in [0.25, 0.3) is 0 Å². The predicted octanol–water partition coefficient (Wildman–Crippen LogP) is 0.429. The summed E-state index contributed by atoms with van der Waals surface area (Å²) in [6.07, 6.45) is 3.92. The Morgan fingerprint density at radius 3 is 2.30 bits per heavy atom. The van der Waals surface area contributed by atoms with E-state index in [2.05, 4.69) is 4.90 Å². The van der Waals surface area contributed by atoms with Gasteiger partial charge in [0.1, 0.15) is 0 Å². The third kappa shape index (κ3) is 1.06. The molecule has 10 heavy (non-hydrogen) atoms. The molecule has 3 heterocycles. The van der Waals surface area contributed by atoms with E-state index in [1.54, 1.807) is 0 Å². The molecule has 58 valence electrons. The second-order valence-electron chi connectivity index (χ2n) is 3.63. The third-order valence-corrected chi connectivity index (χ3v) is 3.02. The smallest absolute Gasteiger partial charge is 0.00802 e. The van der Waals surface area contributed by atoms with Crippen molar-refractivity contribution in [3.05, 3.63) is 0 Å². The molecule has 0 amide bonds. The summed E-state index contributed by atoms with van der Waals surface area (Å²) in [6, 6.07) is 0.507. The van der Waals surface area contributed by atoms with Crippen LogP contribution in [0.1, 0.15) is 19.3 Å². The molecule has 3 aliphatic heterocycles. The molecule has 0 spiro atoms. The second kappa shape index (κ2) is 2.51. The zero-order valence-corrected chi connectivity index (χ0v) is 6.42. The summed E-state index contributed by atoms with van der Waals surface area (Å²) in [7, 11) is 0. The van der Waals surface area contributed by atoms with Gasteiger partial charge in [0, 0.05) is 6.04 Å². The minimum atomic E-state index is 0.507. The Hall–Kier alpha value is -0.0800. The molecule has 0 radical (unpaired) electrons. The summed E-state index contributed by atoms with van der Waals surface area (Å²) < 4.78 is 0. The number of piperidine rings is 1. The van der Waals surface area contributed by atoms with Crippen molar-refractivity contribution in [2.45, 2.75) is 25.3 Å². The number of rotatable bonds is 0. The SMILES string of the molecule is NC1CCN2CCC1CC2. The van der Waals surface area contributed by atoms with E-state index in [1.807, 2.05) is 0 Å². The molecule has 0 aromatic heterocycles. The van der Waals surface area contributed by atoms with Gasteiger partial charge in [-0.25, -0.2) is 0 Å². The summed E-state index contributed by atoms with van der Waals surface area (Å²) in [4.78, 5) is 2.54. The van der Waals surface area contributed by atoms with Crippen LogP contribution in [0.4, 0.5) is 0 Å². The first-order valence-corrected chi connectivity index (χ1v) is 4.34. The summed E-state index contributed by atoms with van der Waals surface area (Å²) in [6.45, 7) is 3.86. The first-order chi connectivity index (χ1) is 4.86. The molecule has 3 aliphatic rings. The first-order valence-electron chi connectivity index (χ1n) is 4.34. The molecule has 0 aromatic carbocycles. The number of nitrogens with two attached hydrogens (primary N) is 1. The Bertz CT molecular complexity index is 116. The molecular weight excluding hydrogens is 124 g/mol. The first kappa shape index (κ1) is 6.62. The van der Waals surface area contributed by atoms with E-state index in [4.69, 9.17) is 5.73 Å². The van der Waals surface area contributed by atoms with E-state index in [9.17, 15) is 0 Å². The second-order valence-corrected chi connectivity index (χ2v) is 3.63. The van der Waals surface area contributed by atoms with Crippen LogP contribution >= 0.6 is 0 Å². The van der Waals surface area contributed by atoms with Crippen molar-refractivity contribution < 1.29 is 0 Å². The zero-order valence-electron chi connectivity index (χ0n) is 6.42. The van der Waals surface area contributed by atoms with E-state index in [-0.39, 0.29) is 0 Å². The summed E-state index contributed by atoms with van der Waals surface area (Å²) in [5.41, 5.74) is 5.99. The van der Waals surface area contributed by atoms with Crippen molar-refractivity contribution >= 4 is 0 Å². The quantitative estimate of drug-likeness (QED) is 0.528. The lowest BCUT2D eigenvalue weighted by atomic mass is 9.91. The molecule has 1 atom stereocenters. The maximum atomic E-state index is 5.99. The Morgan fingerprint density at radius 2 is 1.60 bits per heavy atom. The van der Waals surface area contributed by atoms with Crippen LogP contribution < -0.4 is 5.73 Å². The average molecular weight is 140 g/mol. The summed E-state index contributed by atoms with van der Waals surface area (Å²) in [5.74, 6) is 0.846. The van der Waals surface area contributed by atoms with Crippen LogP contribution in [0, 0.1) is 5.92 Å². The monoisotopic (exact) mass is 140 g/mol. The van der Waals surface area contributed by atoms with Crippen LogP contribution in [0.5, 0.6) is 0 Å². The molecule has 3 rings (SSSR count). The molecular formula is C8H16N2. The van der Waals surface area contributed by atoms with E-state index in [0.29, 0.717) is 6.04 Å². The van der Waals surface area contributed by atoms with Gasteiger partial charge in [-0.3, -0.25) is 0 Å². The molecule has 2 nitrogen and oxygen atoms in total. The van der Waals surface area contributed by atoms with Crippen molar-refractivity contribution in [1.82, 2.24) is 4.90 Å². The van der Waals surface area contributed by atoms with Crippen LogP contribution in [-0.4, -0.2) is 30.6 Å². The van der Waals surface area contributed by atoms with Gasteiger partial charge < -0.3 is 10.6 Å². The van der Waals surface area contributed by atoms with Gasteiger partial charge in [0.15, 0.2) is 0 Å². The number of hydrogen-bond acceptors (Lipinski definition) is 2. The predicted molar refractivity (Wildman–Crippen MR) is 41.8 cm³/mol. The van der Waals surface area contributed by atoms with Crippen molar-refractivity contribution in [2.24, 2.45) is 11.7 Å². The van der Waals surface area contributed by atoms with Gasteiger partial charge in [0.2, 0.25) is 0 Å². The van der Waals surface area contributed by atoms with Gasteiger partial charge in [-0.05, 0) is 44.8 Å². The van der Waals surface area contributed by atoms with Crippen molar-refractivity contribution in [3.8, 4) is 0 Å². The molecule has 0 aliphatic carbocycles. The van der Waals surface area contributed by atoms with Crippen LogP contribution in [0.3, 0.4) is 0 Å². The summed E-state index contributed by atoms with van der Waals surface area (Å²) in [5, 5.41) is 0. The molecule has 1 unspecified atom stereocenters. The lowest BCUT2D eigenvalue weighted by Crippen LogP contribution is -2.33. The molecule has 2 N–H and O–H groups in total. The number of hydrogen-bond donors (Lipinski definition) is 1. The molecule has 2 bridgehead atoms. The minimum absolute atomic E-state index is 0.507.